The molecule has 23 heavy (non-hydrogen) atoms. The summed E-state index contributed by atoms with van der Waals surface area (Å²) in [5, 5.41) is 5.79. The fraction of sp³-hybridized carbons (Fsp3) is 0.0588. The molecule has 0 bridgehead atoms. The molecule has 0 amide bonds. The highest BCUT2D eigenvalue weighted by Crippen LogP contribution is 2.23. The fourth-order valence-electron chi connectivity index (χ4n) is 2.10. The van der Waals surface area contributed by atoms with Gasteiger partial charge >= 0.3 is 0 Å². The Morgan fingerprint density at radius 1 is 0.739 bits per heavy atom. The molecule has 0 atom stereocenters. The van der Waals surface area contributed by atoms with Crippen molar-refractivity contribution in [1.82, 2.24) is 9.97 Å². The lowest BCUT2D eigenvalue weighted by molar-refractivity contribution is 0.631. The second-order valence-electron chi connectivity index (χ2n) is 4.90. The largest absolute Gasteiger partial charge is 0.338 e. The molecular formula is C17H14F2N4. The van der Waals surface area contributed by atoms with Crippen LogP contribution in [0, 0.1) is 18.6 Å². The average molecular weight is 312 g/mol. The summed E-state index contributed by atoms with van der Waals surface area (Å²) in [6.07, 6.45) is 0. The van der Waals surface area contributed by atoms with Gasteiger partial charge in [0.15, 0.2) is 0 Å². The van der Waals surface area contributed by atoms with Crippen LogP contribution in [0.5, 0.6) is 0 Å². The number of hydrogen-bond donors (Lipinski definition) is 2. The maximum atomic E-state index is 13.7. The van der Waals surface area contributed by atoms with Gasteiger partial charge in [0.05, 0.1) is 11.4 Å². The number of rotatable bonds is 4. The second-order valence-corrected chi connectivity index (χ2v) is 4.90. The van der Waals surface area contributed by atoms with E-state index in [1.165, 1.54) is 12.1 Å². The van der Waals surface area contributed by atoms with E-state index in [1.54, 1.807) is 49.4 Å². The lowest BCUT2D eigenvalue weighted by Crippen LogP contribution is -2.03. The standard InChI is InChI=1S/C17H14F2N4/c1-11-20-16(22-14-8-4-2-6-12(14)18)10-17(21-11)23-15-9-5-3-7-13(15)19/h2-10H,1H3,(H2,20,21,22,23). The van der Waals surface area contributed by atoms with Crippen LogP contribution in [0.25, 0.3) is 0 Å². The highest BCUT2D eigenvalue weighted by molar-refractivity contribution is 5.63. The van der Waals surface area contributed by atoms with E-state index >= 15 is 0 Å². The van der Waals surface area contributed by atoms with Crippen LogP contribution in [-0.4, -0.2) is 9.97 Å². The van der Waals surface area contributed by atoms with E-state index in [9.17, 15) is 8.78 Å². The zero-order chi connectivity index (χ0) is 16.2. The molecule has 0 fully saturated rings. The van der Waals surface area contributed by atoms with E-state index in [0.717, 1.165) is 0 Å². The number of hydrogen-bond acceptors (Lipinski definition) is 4. The van der Waals surface area contributed by atoms with Crippen LogP contribution in [0.4, 0.5) is 31.8 Å². The van der Waals surface area contributed by atoms with E-state index < -0.39 is 0 Å². The molecule has 0 saturated heterocycles. The second kappa shape index (κ2) is 6.39. The van der Waals surface area contributed by atoms with Gasteiger partial charge in [-0.1, -0.05) is 24.3 Å². The Morgan fingerprint density at radius 3 is 1.61 bits per heavy atom. The zero-order valence-corrected chi connectivity index (χ0v) is 12.3. The van der Waals surface area contributed by atoms with Gasteiger partial charge < -0.3 is 10.6 Å². The van der Waals surface area contributed by atoms with Crippen LogP contribution in [0.2, 0.25) is 0 Å². The quantitative estimate of drug-likeness (QED) is 0.742. The number of para-hydroxylation sites is 2. The van der Waals surface area contributed by atoms with E-state index in [-0.39, 0.29) is 11.6 Å². The smallest absolute Gasteiger partial charge is 0.146 e. The molecule has 2 aromatic carbocycles. The number of aryl methyl sites for hydroxylation is 1. The maximum absolute atomic E-state index is 13.7. The van der Waals surface area contributed by atoms with Crippen LogP contribution in [0.1, 0.15) is 5.82 Å². The molecule has 0 unspecified atom stereocenters. The van der Waals surface area contributed by atoms with Crippen molar-refractivity contribution in [3.8, 4) is 0 Å². The molecular weight excluding hydrogens is 298 g/mol. The van der Waals surface area contributed by atoms with Gasteiger partial charge in [0, 0.05) is 6.07 Å². The van der Waals surface area contributed by atoms with Crippen molar-refractivity contribution in [3.05, 3.63) is 72.1 Å². The Labute approximate surface area is 132 Å². The van der Waals surface area contributed by atoms with Crippen molar-refractivity contribution >= 4 is 23.0 Å². The topological polar surface area (TPSA) is 49.8 Å². The minimum absolute atomic E-state index is 0.308. The Balaban J connectivity index is 1.88. The molecule has 0 aliphatic heterocycles. The van der Waals surface area contributed by atoms with Gasteiger partial charge in [-0.3, -0.25) is 0 Å². The van der Waals surface area contributed by atoms with Crippen LogP contribution in [0.15, 0.2) is 54.6 Å². The predicted octanol–water partition coefficient (Wildman–Crippen LogP) is 4.55. The first-order valence-electron chi connectivity index (χ1n) is 7.00. The molecule has 1 heterocycles. The van der Waals surface area contributed by atoms with E-state index in [0.29, 0.717) is 28.8 Å². The summed E-state index contributed by atoms with van der Waals surface area (Å²) >= 11 is 0. The van der Waals surface area contributed by atoms with E-state index in [1.807, 2.05) is 0 Å². The number of anilines is 4. The third kappa shape index (κ3) is 3.60. The van der Waals surface area contributed by atoms with Gasteiger partial charge in [-0.05, 0) is 31.2 Å². The molecule has 3 aromatic rings. The van der Waals surface area contributed by atoms with Crippen molar-refractivity contribution in [2.45, 2.75) is 6.92 Å². The lowest BCUT2D eigenvalue weighted by atomic mass is 10.3. The first-order valence-corrected chi connectivity index (χ1v) is 7.00. The maximum Gasteiger partial charge on any atom is 0.146 e. The SMILES string of the molecule is Cc1nc(Nc2ccccc2F)cc(Nc2ccccc2F)n1. The first-order chi connectivity index (χ1) is 11.1. The first kappa shape index (κ1) is 14.9. The van der Waals surface area contributed by atoms with Crippen molar-refractivity contribution in [1.29, 1.82) is 0 Å². The number of aromatic nitrogens is 2. The Bertz CT molecular complexity index is 771. The number of halogens is 2. The number of nitrogens with one attached hydrogen (secondary N) is 2. The number of nitrogens with zero attached hydrogens (tertiary/aromatic N) is 2. The monoisotopic (exact) mass is 312 g/mol. The molecule has 2 N–H and O–H groups in total. The van der Waals surface area contributed by atoms with Crippen molar-refractivity contribution in [2.24, 2.45) is 0 Å². The minimum atomic E-state index is -0.382. The summed E-state index contributed by atoms with van der Waals surface area (Å²) in [7, 11) is 0. The van der Waals surface area contributed by atoms with Crippen LogP contribution in [-0.2, 0) is 0 Å². The average Bonchev–Trinajstić information content (AvgIpc) is 2.51. The minimum Gasteiger partial charge on any atom is -0.338 e. The molecule has 1 aromatic heterocycles. The summed E-state index contributed by atoms with van der Waals surface area (Å²) in [6.45, 7) is 1.71. The normalized spacial score (nSPS) is 10.4. The third-order valence-corrected chi connectivity index (χ3v) is 3.11. The van der Waals surface area contributed by atoms with Crippen molar-refractivity contribution in [3.63, 3.8) is 0 Å². The summed E-state index contributed by atoms with van der Waals surface area (Å²) < 4.78 is 27.4. The predicted molar refractivity (Wildman–Crippen MR) is 86.1 cm³/mol. The molecule has 0 spiro atoms. The van der Waals surface area contributed by atoms with Gasteiger partial charge in [-0.2, -0.15) is 0 Å². The molecule has 0 radical (unpaired) electrons. The molecule has 6 heteroatoms. The van der Waals surface area contributed by atoms with E-state index in [4.69, 9.17) is 0 Å². The molecule has 116 valence electrons. The Kier molecular flexibility index (Phi) is 4.14. The van der Waals surface area contributed by atoms with Gasteiger partial charge in [0.2, 0.25) is 0 Å². The molecule has 0 aliphatic carbocycles. The Morgan fingerprint density at radius 2 is 1.17 bits per heavy atom. The van der Waals surface area contributed by atoms with Crippen LogP contribution >= 0.6 is 0 Å². The third-order valence-electron chi connectivity index (χ3n) is 3.11. The highest BCUT2D eigenvalue weighted by Gasteiger charge is 2.07. The van der Waals surface area contributed by atoms with Gasteiger partial charge in [0.1, 0.15) is 29.1 Å². The number of benzene rings is 2. The van der Waals surface area contributed by atoms with Crippen molar-refractivity contribution in [2.75, 3.05) is 10.6 Å². The zero-order valence-electron chi connectivity index (χ0n) is 12.3. The summed E-state index contributed by atoms with van der Waals surface area (Å²) in [5.74, 6) is 0.549. The summed E-state index contributed by atoms with van der Waals surface area (Å²) in [6, 6.07) is 14.2. The van der Waals surface area contributed by atoms with E-state index in [2.05, 4.69) is 20.6 Å². The summed E-state index contributed by atoms with van der Waals surface area (Å²) in [5.41, 5.74) is 0.616. The molecule has 4 nitrogen and oxygen atoms in total. The van der Waals surface area contributed by atoms with Gasteiger partial charge in [0.25, 0.3) is 0 Å². The van der Waals surface area contributed by atoms with Gasteiger partial charge in [-0.25, -0.2) is 18.7 Å². The Hall–Kier alpha value is -3.02. The lowest BCUT2D eigenvalue weighted by Gasteiger charge is -2.11. The van der Waals surface area contributed by atoms with Crippen LogP contribution < -0.4 is 10.6 Å². The van der Waals surface area contributed by atoms with Crippen LogP contribution in [0.3, 0.4) is 0 Å². The fourth-order valence-corrected chi connectivity index (χ4v) is 2.10. The molecule has 0 saturated carbocycles. The molecule has 3 rings (SSSR count). The highest BCUT2D eigenvalue weighted by atomic mass is 19.1. The summed E-state index contributed by atoms with van der Waals surface area (Å²) in [4.78, 5) is 8.42. The van der Waals surface area contributed by atoms with Gasteiger partial charge in [-0.15, -0.1) is 0 Å². The van der Waals surface area contributed by atoms with Crippen molar-refractivity contribution < 1.29 is 8.78 Å². The molecule has 0 aliphatic rings.